The van der Waals surface area contributed by atoms with Crippen molar-refractivity contribution in [1.82, 2.24) is 0 Å². The normalized spacial score (nSPS) is 12.3. The Hall–Kier alpha value is -3.02. The summed E-state index contributed by atoms with van der Waals surface area (Å²) in [4.78, 5) is 25.7. The quantitative estimate of drug-likeness (QED) is 0.315. The first-order valence-corrected chi connectivity index (χ1v) is 12.2. The van der Waals surface area contributed by atoms with Gasteiger partial charge in [0.25, 0.3) is 0 Å². The second-order valence-corrected chi connectivity index (χ2v) is 12.8. The Bertz CT molecular complexity index is 923. The van der Waals surface area contributed by atoms with E-state index in [9.17, 15) is 9.59 Å². The van der Waals surface area contributed by atoms with Crippen molar-refractivity contribution >= 4 is 11.9 Å². The van der Waals surface area contributed by atoms with Gasteiger partial charge in [-0.3, -0.25) is 0 Å². The lowest BCUT2D eigenvalue weighted by molar-refractivity contribution is -0.0225. The van der Waals surface area contributed by atoms with Crippen LogP contribution in [0.25, 0.3) is 0 Å². The fourth-order valence-electron chi connectivity index (χ4n) is 4.53. The van der Waals surface area contributed by atoms with Crippen LogP contribution < -0.4 is 0 Å². The van der Waals surface area contributed by atoms with Crippen LogP contribution in [0.5, 0.6) is 11.5 Å². The highest BCUT2D eigenvalue weighted by molar-refractivity contribution is 6.03. The van der Waals surface area contributed by atoms with Crippen molar-refractivity contribution in [2.45, 2.75) is 93.3 Å². The Morgan fingerprint density at radius 2 is 0.861 bits per heavy atom. The zero-order valence-corrected chi connectivity index (χ0v) is 23.6. The molecule has 0 saturated carbocycles. The van der Waals surface area contributed by atoms with Gasteiger partial charge in [0.1, 0.15) is 22.7 Å². The highest BCUT2D eigenvalue weighted by Crippen LogP contribution is 2.32. The van der Waals surface area contributed by atoms with Crippen molar-refractivity contribution < 1.29 is 29.3 Å². The van der Waals surface area contributed by atoms with E-state index in [4.69, 9.17) is 19.7 Å². The van der Waals surface area contributed by atoms with Crippen LogP contribution in [0.1, 0.15) is 103 Å². The van der Waals surface area contributed by atoms with E-state index in [1.54, 1.807) is 24.3 Å². The molecule has 0 amide bonds. The van der Waals surface area contributed by atoms with Crippen LogP contribution >= 0.6 is 0 Å². The maximum absolute atomic E-state index is 12.8. The number of phenols is 2. The van der Waals surface area contributed by atoms with Crippen molar-refractivity contribution in [2.75, 3.05) is 0 Å². The van der Waals surface area contributed by atoms with E-state index in [0.29, 0.717) is 12.8 Å². The van der Waals surface area contributed by atoms with Crippen molar-refractivity contribution in [2.24, 2.45) is 10.8 Å². The molecule has 0 unspecified atom stereocenters. The second-order valence-electron chi connectivity index (χ2n) is 12.8. The lowest BCUT2D eigenvalue weighted by atomic mass is 9.83. The number of ether oxygens (including phenoxy) is 2. The van der Waals surface area contributed by atoms with Crippen LogP contribution in [0.4, 0.5) is 0 Å². The average molecular weight is 501 g/mol. The number of hydrogen-bond acceptors (Lipinski definition) is 6. The zero-order valence-electron chi connectivity index (χ0n) is 23.6. The van der Waals surface area contributed by atoms with Gasteiger partial charge in [-0.25, -0.2) is 9.59 Å². The summed E-state index contributed by atoms with van der Waals surface area (Å²) in [5.74, 6) is -0.670. The summed E-state index contributed by atoms with van der Waals surface area (Å²) < 4.78 is 11.5. The van der Waals surface area contributed by atoms with Crippen LogP contribution in [0, 0.1) is 10.8 Å². The summed E-state index contributed by atoms with van der Waals surface area (Å²) in [5, 5.41) is 17.3. The Kier molecular flexibility index (Phi) is 10.2. The van der Waals surface area contributed by atoms with Gasteiger partial charge in [0.15, 0.2) is 0 Å². The van der Waals surface area contributed by atoms with Crippen LogP contribution in [0.2, 0.25) is 0 Å². The van der Waals surface area contributed by atoms with E-state index in [1.807, 2.05) is 27.7 Å². The van der Waals surface area contributed by atoms with Crippen LogP contribution in [-0.2, 0) is 9.47 Å². The van der Waals surface area contributed by atoms with Gasteiger partial charge in [-0.15, -0.1) is 0 Å². The third-order valence-electron chi connectivity index (χ3n) is 4.87. The first kappa shape index (κ1) is 31.0. The Morgan fingerprint density at radius 1 is 0.583 bits per heavy atom. The van der Waals surface area contributed by atoms with Crippen LogP contribution in [0.3, 0.4) is 0 Å². The minimum atomic E-state index is -0.641. The predicted molar refractivity (Wildman–Crippen MR) is 143 cm³/mol. The average Bonchev–Trinajstić information content (AvgIpc) is 2.66. The molecule has 0 saturated heterocycles. The lowest BCUT2D eigenvalue weighted by Crippen LogP contribution is -2.35. The van der Waals surface area contributed by atoms with Gasteiger partial charge in [-0.2, -0.15) is 0 Å². The van der Waals surface area contributed by atoms with Gasteiger partial charge < -0.3 is 19.7 Å². The van der Waals surface area contributed by atoms with Gasteiger partial charge in [0.2, 0.25) is 0 Å². The van der Waals surface area contributed by atoms with Crippen LogP contribution in [0.15, 0.2) is 48.5 Å². The molecule has 6 nitrogen and oxygen atoms in total. The van der Waals surface area contributed by atoms with Gasteiger partial charge in [0, 0.05) is 0 Å². The fourth-order valence-corrected chi connectivity index (χ4v) is 4.53. The molecule has 2 aromatic rings. The third-order valence-corrected chi connectivity index (χ3v) is 4.87. The van der Waals surface area contributed by atoms with Crippen molar-refractivity contribution in [3.8, 4) is 11.5 Å². The maximum atomic E-state index is 12.8. The maximum Gasteiger partial charge on any atom is 0.339 e. The van der Waals surface area contributed by atoms with E-state index >= 15 is 0 Å². The van der Waals surface area contributed by atoms with Gasteiger partial charge in [0.05, 0.1) is 11.1 Å². The number of aromatic hydroxyl groups is 2. The SMILES string of the molecule is CC(C)(C)CC(C)(C)OC(=O)c1ccccc1C(=O)OC(C)(C)CC(C)(C)C.Oc1ccc(O)cc1. The summed E-state index contributed by atoms with van der Waals surface area (Å²) in [6.45, 7) is 20.2. The molecule has 6 heteroatoms. The Balaban J connectivity index is 0.000000681. The molecule has 0 heterocycles. The molecular weight excluding hydrogens is 456 g/mol. The lowest BCUT2D eigenvalue weighted by Gasteiger charge is -2.33. The highest BCUT2D eigenvalue weighted by atomic mass is 16.6. The summed E-state index contributed by atoms with van der Waals surface area (Å²) in [6, 6.07) is 12.4. The molecule has 0 aliphatic heterocycles. The standard InChI is InChI=1S/C24H38O4.C6H6O2/c1-21(2,3)15-23(7,8)27-19(25)17-13-11-12-14-18(17)20(26)28-24(9,10)16-22(4,5)6;7-5-1-2-6(8)4-3-5/h11-14H,15-16H2,1-10H3;1-4,7-8H. The topological polar surface area (TPSA) is 93.1 Å². The largest absolute Gasteiger partial charge is 0.508 e. The molecule has 2 aromatic carbocycles. The van der Waals surface area contributed by atoms with Gasteiger partial charge in [-0.1, -0.05) is 53.7 Å². The molecule has 0 fully saturated rings. The monoisotopic (exact) mass is 500 g/mol. The minimum Gasteiger partial charge on any atom is -0.508 e. The molecule has 0 aliphatic carbocycles. The molecule has 0 spiro atoms. The molecule has 0 bridgehead atoms. The summed E-state index contributed by atoms with van der Waals surface area (Å²) >= 11 is 0. The van der Waals surface area contributed by atoms with E-state index < -0.39 is 23.1 Å². The predicted octanol–water partition coefficient (Wildman–Crippen LogP) is 7.53. The molecule has 36 heavy (non-hydrogen) atoms. The zero-order chi connectivity index (χ0) is 27.9. The van der Waals surface area contributed by atoms with Crippen molar-refractivity contribution in [1.29, 1.82) is 0 Å². The Labute approximate surface area is 216 Å². The number of phenolic OH excluding ortho intramolecular Hbond substituents is 2. The number of carbonyl (C=O) groups is 2. The number of carbonyl (C=O) groups excluding carboxylic acids is 2. The van der Waals surface area contributed by atoms with Gasteiger partial charge in [-0.05, 0) is 87.8 Å². The Morgan fingerprint density at radius 3 is 1.11 bits per heavy atom. The fraction of sp³-hybridized carbons (Fsp3) is 0.533. The second kappa shape index (κ2) is 11.8. The smallest absolute Gasteiger partial charge is 0.339 e. The molecule has 200 valence electrons. The van der Waals surface area contributed by atoms with Crippen molar-refractivity contribution in [3.05, 3.63) is 59.7 Å². The molecular formula is C30H44O6. The molecule has 0 radical (unpaired) electrons. The third kappa shape index (κ3) is 12.1. The highest BCUT2D eigenvalue weighted by Gasteiger charge is 2.33. The molecule has 0 aromatic heterocycles. The number of esters is 2. The molecule has 0 atom stereocenters. The first-order valence-electron chi connectivity index (χ1n) is 12.2. The molecule has 2 N–H and O–H groups in total. The van der Waals surface area contributed by atoms with E-state index in [0.717, 1.165) is 0 Å². The van der Waals surface area contributed by atoms with Crippen molar-refractivity contribution in [3.63, 3.8) is 0 Å². The first-order chi connectivity index (χ1) is 16.2. The number of benzene rings is 2. The van der Waals surface area contributed by atoms with Gasteiger partial charge >= 0.3 is 11.9 Å². The number of hydrogen-bond donors (Lipinski definition) is 2. The number of rotatable bonds is 6. The summed E-state index contributed by atoms with van der Waals surface area (Å²) in [5.41, 5.74) is -0.782. The van der Waals surface area contributed by atoms with E-state index in [-0.39, 0.29) is 33.5 Å². The van der Waals surface area contributed by atoms with E-state index in [2.05, 4.69) is 41.5 Å². The van der Waals surface area contributed by atoms with E-state index in [1.165, 1.54) is 24.3 Å². The summed E-state index contributed by atoms with van der Waals surface area (Å²) in [6.07, 6.45) is 1.41. The molecule has 0 aliphatic rings. The van der Waals surface area contributed by atoms with Crippen LogP contribution in [-0.4, -0.2) is 33.4 Å². The summed E-state index contributed by atoms with van der Waals surface area (Å²) in [7, 11) is 0. The minimum absolute atomic E-state index is 0.0131. The molecule has 2 rings (SSSR count).